The van der Waals surface area contributed by atoms with Gasteiger partial charge in [-0.3, -0.25) is 4.99 Å². The fourth-order valence-corrected chi connectivity index (χ4v) is 3.70. The molecule has 3 rings (SSSR count). The standard InChI is InChI=1S/C17H15BrFN3O2S/c1-3-24-17(23)13-9(2)21-15(16-20-6-7-25-16)22-14(13)11-5-4-10(19)8-12(11)18/h4-8,14H,3H2,1-2H3,(H,21,22). The molecule has 0 spiro atoms. The second-order valence-electron chi connectivity index (χ2n) is 5.27. The molecule has 1 aliphatic heterocycles. The van der Waals surface area contributed by atoms with Gasteiger partial charge in [0.15, 0.2) is 10.8 Å². The lowest BCUT2D eigenvalue weighted by molar-refractivity contribution is -0.138. The van der Waals surface area contributed by atoms with E-state index in [0.717, 1.165) is 0 Å². The number of rotatable bonds is 4. The van der Waals surface area contributed by atoms with E-state index in [2.05, 4.69) is 31.2 Å². The van der Waals surface area contributed by atoms with Crippen LogP contribution >= 0.6 is 27.3 Å². The number of hydrogen-bond acceptors (Lipinski definition) is 6. The first-order valence-corrected chi connectivity index (χ1v) is 9.26. The molecule has 1 aromatic heterocycles. The lowest BCUT2D eigenvalue weighted by atomic mass is 9.96. The van der Waals surface area contributed by atoms with Gasteiger partial charge in [-0.2, -0.15) is 0 Å². The molecule has 1 aliphatic rings. The minimum Gasteiger partial charge on any atom is -0.463 e. The van der Waals surface area contributed by atoms with Crippen molar-refractivity contribution < 1.29 is 13.9 Å². The van der Waals surface area contributed by atoms with Crippen LogP contribution in [0.25, 0.3) is 0 Å². The third-order valence-corrected chi connectivity index (χ3v) is 5.10. The molecule has 1 unspecified atom stereocenters. The Morgan fingerprint density at radius 3 is 2.92 bits per heavy atom. The highest BCUT2D eigenvalue weighted by molar-refractivity contribution is 9.10. The molecule has 130 valence electrons. The third kappa shape index (κ3) is 3.64. The molecule has 0 bridgehead atoms. The average molecular weight is 424 g/mol. The largest absolute Gasteiger partial charge is 0.463 e. The number of halogens is 2. The topological polar surface area (TPSA) is 63.6 Å². The highest BCUT2D eigenvalue weighted by Crippen LogP contribution is 2.36. The monoisotopic (exact) mass is 423 g/mol. The summed E-state index contributed by atoms with van der Waals surface area (Å²) in [5.41, 5.74) is 1.72. The minimum atomic E-state index is -0.617. The first-order chi connectivity index (χ1) is 12.0. The van der Waals surface area contributed by atoms with Crippen molar-refractivity contribution in [2.24, 2.45) is 4.99 Å². The van der Waals surface area contributed by atoms with E-state index in [1.807, 2.05) is 5.38 Å². The van der Waals surface area contributed by atoms with Crippen LogP contribution in [0.15, 0.2) is 50.5 Å². The van der Waals surface area contributed by atoms with Crippen molar-refractivity contribution in [3.63, 3.8) is 0 Å². The van der Waals surface area contributed by atoms with Gasteiger partial charge in [-0.1, -0.05) is 22.0 Å². The van der Waals surface area contributed by atoms with Gasteiger partial charge in [-0.15, -0.1) is 11.3 Å². The number of esters is 1. The molecule has 1 N–H and O–H groups in total. The number of nitrogens with zero attached hydrogens (tertiary/aromatic N) is 2. The summed E-state index contributed by atoms with van der Waals surface area (Å²) in [6.07, 6.45) is 1.69. The smallest absolute Gasteiger partial charge is 0.338 e. The van der Waals surface area contributed by atoms with Crippen LogP contribution in [0.3, 0.4) is 0 Å². The van der Waals surface area contributed by atoms with Crippen LogP contribution in [0.4, 0.5) is 4.39 Å². The number of ether oxygens (including phenoxy) is 1. The van der Waals surface area contributed by atoms with Gasteiger partial charge in [0.05, 0.1) is 12.2 Å². The molecule has 2 aromatic rings. The Kier molecular flexibility index (Phi) is 5.29. The molecule has 0 radical (unpaired) electrons. The number of benzene rings is 1. The van der Waals surface area contributed by atoms with Gasteiger partial charge in [-0.05, 0) is 31.5 Å². The van der Waals surface area contributed by atoms with Crippen LogP contribution in [0.1, 0.15) is 30.5 Å². The van der Waals surface area contributed by atoms with E-state index in [0.29, 0.717) is 32.1 Å². The number of carbonyl (C=O) groups is 1. The summed E-state index contributed by atoms with van der Waals surface area (Å²) in [6, 6.07) is 3.70. The van der Waals surface area contributed by atoms with Crippen molar-refractivity contribution in [1.29, 1.82) is 0 Å². The molecular weight excluding hydrogens is 409 g/mol. The molecule has 5 nitrogen and oxygen atoms in total. The fourth-order valence-electron chi connectivity index (χ4n) is 2.55. The Hall–Kier alpha value is -2.06. The number of aliphatic imine (C=N–C) groups is 1. The first-order valence-electron chi connectivity index (χ1n) is 7.58. The summed E-state index contributed by atoms with van der Waals surface area (Å²) < 4.78 is 19.2. The van der Waals surface area contributed by atoms with Crippen LogP contribution in [0, 0.1) is 5.82 Å². The summed E-state index contributed by atoms with van der Waals surface area (Å²) in [4.78, 5) is 21.4. The number of nitrogens with one attached hydrogen (secondary N) is 1. The molecule has 0 fully saturated rings. The van der Waals surface area contributed by atoms with Crippen LogP contribution in [0.2, 0.25) is 0 Å². The van der Waals surface area contributed by atoms with Crippen molar-refractivity contribution in [3.05, 3.63) is 61.9 Å². The maximum absolute atomic E-state index is 13.5. The van der Waals surface area contributed by atoms with E-state index >= 15 is 0 Å². The van der Waals surface area contributed by atoms with Crippen LogP contribution < -0.4 is 5.32 Å². The summed E-state index contributed by atoms with van der Waals surface area (Å²) >= 11 is 4.81. The summed E-state index contributed by atoms with van der Waals surface area (Å²) in [7, 11) is 0. The molecule has 1 atom stereocenters. The number of carbonyl (C=O) groups excluding carboxylic acids is 1. The third-order valence-electron chi connectivity index (χ3n) is 3.63. The Morgan fingerprint density at radius 1 is 1.48 bits per heavy atom. The zero-order chi connectivity index (χ0) is 18.0. The van der Waals surface area contributed by atoms with Gasteiger partial charge in [0, 0.05) is 21.7 Å². The van der Waals surface area contributed by atoms with E-state index in [-0.39, 0.29) is 12.4 Å². The molecular formula is C17H15BrFN3O2S. The highest BCUT2D eigenvalue weighted by atomic mass is 79.9. The Labute approximate surface area is 156 Å². The van der Waals surface area contributed by atoms with Crippen molar-refractivity contribution >= 4 is 39.1 Å². The van der Waals surface area contributed by atoms with E-state index in [4.69, 9.17) is 4.74 Å². The molecule has 0 saturated heterocycles. The molecule has 25 heavy (non-hydrogen) atoms. The molecule has 2 heterocycles. The maximum atomic E-state index is 13.5. The molecule has 1 aromatic carbocycles. The zero-order valence-electron chi connectivity index (χ0n) is 13.5. The van der Waals surface area contributed by atoms with Crippen LogP contribution in [-0.2, 0) is 9.53 Å². The molecule has 0 saturated carbocycles. The van der Waals surface area contributed by atoms with Gasteiger partial charge in [0.2, 0.25) is 0 Å². The predicted octanol–water partition coefficient (Wildman–Crippen LogP) is 3.97. The lowest BCUT2D eigenvalue weighted by Crippen LogP contribution is -2.32. The Bertz CT molecular complexity index is 865. The van der Waals surface area contributed by atoms with Crippen molar-refractivity contribution in [2.45, 2.75) is 19.9 Å². The van der Waals surface area contributed by atoms with E-state index in [1.165, 1.54) is 23.5 Å². The van der Waals surface area contributed by atoms with Crippen LogP contribution in [-0.4, -0.2) is 23.4 Å². The van der Waals surface area contributed by atoms with Gasteiger partial charge in [0.25, 0.3) is 0 Å². The van der Waals surface area contributed by atoms with E-state index in [1.54, 1.807) is 26.1 Å². The number of amidine groups is 1. The predicted molar refractivity (Wildman–Crippen MR) is 98.0 cm³/mol. The zero-order valence-corrected chi connectivity index (χ0v) is 15.9. The number of thiazole rings is 1. The minimum absolute atomic E-state index is 0.260. The quantitative estimate of drug-likeness (QED) is 0.755. The van der Waals surface area contributed by atoms with Crippen molar-refractivity contribution in [1.82, 2.24) is 10.3 Å². The van der Waals surface area contributed by atoms with Gasteiger partial charge in [0.1, 0.15) is 11.9 Å². The average Bonchev–Trinajstić information content (AvgIpc) is 3.08. The SMILES string of the molecule is CCOC(=O)C1=C(C)NC(c2nccs2)=NC1c1ccc(F)cc1Br. The van der Waals surface area contributed by atoms with Crippen LogP contribution in [0.5, 0.6) is 0 Å². The summed E-state index contributed by atoms with van der Waals surface area (Å²) in [5, 5.41) is 5.69. The molecule has 0 amide bonds. The Morgan fingerprint density at radius 2 is 2.28 bits per heavy atom. The van der Waals surface area contributed by atoms with Gasteiger partial charge >= 0.3 is 5.97 Å². The van der Waals surface area contributed by atoms with Crippen molar-refractivity contribution in [3.8, 4) is 0 Å². The lowest BCUT2D eigenvalue weighted by Gasteiger charge is -2.26. The number of allylic oxidation sites excluding steroid dienone is 1. The normalized spacial score (nSPS) is 17.1. The number of hydrogen-bond donors (Lipinski definition) is 1. The molecule has 8 heteroatoms. The fraction of sp³-hybridized carbons (Fsp3) is 0.235. The second kappa shape index (κ2) is 7.45. The van der Waals surface area contributed by atoms with Crippen molar-refractivity contribution in [2.75, 3.05) is 6.61 Å². The van der Waals surface area contributed by atoms with E-state index in [9.17, 15) is 9.18 Å². The summed E-state index contributed by atoms with van der Waals surface area (Å²) in [6.45, 7) is 3.80. The first kappa shape index (κ1) is 17.8. The van der Waals surface area contributed by atoms with Gasteiger partial charge < -0.3 is 10.1 Å². The highest BCUT2D eigenvalue weighted by Gasteiger charge is 2.32. The maximum Gasteiger partial charge on any atom is 0.338 e. The van der Waals surface area contributed by atoms with E-state index < -0.39 is 12.0 Å². The number of aromatic nitrogens is 1. The summed E-state index contributed by atoms with van der Waals surface area (Å²) in [5.74, 6) is -0.246. The van der Waals surface area contributed by atoms with Gasteiger partial charge in [-0.25, -0.2) is 14.2 Å². The molecule has 0 aliphatic carbocycles. The second-order valence-corrected chi connectivity index (χ2v) is 7.02. The Balaban J connectivity index is 2.11.